The number of benzene rings is 1. The van der Waals surface area contributed by atoms with Crippen LogP contribution in [-0.2, 0) is 5.75 Å². The minimum atomic E-state index is 0.717. The Bertz CT molecular complexity index is 575. The van der Waals surface area contributed by atoms with Gasteiger partial charge < -0.3 is 9.47 Å². The first-order chi connectivity index (χ1) is 9.15. The van der Waals surface area contributed by atoms with Gasteiger partial charge in [-0.05, 0) is 34.5 Å². The lowest BCUT2D eigenvalue weighted by Gasteiger charge is -2.12. The molecular formula is C12H13BrN2O2S2. The molecule has 0 fully saturated rings. The summed E-state index contributed by atoms with van der Waals surface area (Å²) in [6.07, 6.45) is 0. The summed E-state index contributed by atoms with van der Waals surface area (Å²) < 4.78 is 12.5. The van der Waals surface area contributed by atoms with Crippen molar-refractivity contribution in [2.45, 2.75) is 17.0 Å². The number of ether oxygens (including phenoxy) is 2. The quantitative estimate of drug-likeness (QED) is 0.756. The van der Waals surface area contributed by atoms with E-state index in [2.05, 4.69) is 26.1 Å². The van der Waals surface area contributed by atoms with Gasteiger partial charge in [0.2, 0.25) is 0 Å². The second-order valence-corrected chi connectivity index (χ2v) is 6.85. The third kappa shape index (κ3) is 3.40. The van der Waals surface area contributed by atoms with Gasteiger partial charge in [0.15, 0.2) is 15.8 Å². The topological polar surface area (TPSA) is 44.2 Å². The molecular weight excluding hydrogens is 348 g/mol. The standard InChI is InChI=1S/C12H13BrN2O2S2/c1-7-14-15-12(19-7)18-6-8-4-5-9(16-2)11(17-3)10(8)13/h4-5H,6H2,1-3H3. The molecule has 0 saturated heterocycles. The first kappa shape index (κ1) is 14.6. The number of halogens is 1. The number of methoxy groups -OCH3 is 2. The van der Waals surface area contributed by atoms with Gasteiger partial charge in [0, 0.05) is 5.75 Å². The van der Waals surface area contributed by atoms with Gasteiger partial charge in [0.25, 0.3) is 0 Å². The zero-order valence-electron chi connectivity index (χ0n) is 10.8. The molecule has 102 valence electrons. The van der Waals surface area contributed by atoms with Crippen LogP contribution in [0.5, 0.6) is 11.5 Å². The second-order valence-electron chi connectivity index (χ2n) is 3.65. The van der Waals surface area contributed by atoms with Gasteiger partial charge in [-0.2, -0.15) is 0 Å². The molecule has 0 spiro atoms. The van der Waals surface area contributed by atoms with Gasteiger partial charge in [0.05, 0.1) is 18.7 Å². The van der Waals surface area contributed by atoms with Gasteiger partial charge in [0.1, 0.15) is 5.01 Å². The molecule has 0 unspecified atom stereocenters. The van der Waals surface area contributed by atoms with Gasteiger partial charge in [-0.1, -0.05) is 29.2 Å². The molecule has 0 bridgehead atoms. The lowest BCUT2D eigenvalue weighted by Crippen LogP contribution is -1.94. The minimum Gasteiger partial charge on any atom is -0.493 e. The molecule has 1 aromatic heterocycles. The third-order valence-electron chi connectivity index (χ3n) is 2.42. The number of nitrogens with zero attached hydrogens (tertiary/aromatic N) is 2. The normalized spacial score (nSPS) is 10.5. The van der Waals surface area contributed by atoms with Crippen LogP contribution in [0.25, 0.3) is 0 Å². The van der Waals surface area contributed by atoms with E-state index in [0.29, 0.717) is 5.75 Å². The summed E-state index contributed by atoms with van der Waals surface area (Å²) in [5, 5.41) is 9.08. The number of hydrogen-bond donors (Lipinski definition) is 0. The zero-order chi connectivity index (χ0) is 13.8. The Labute approximate surface area is 128 Å². The largest absolute Gasteiger partial charge is 0.493 e. The molecule has 0 radical (unpaired) electrons. The summed E-state index contributed by atoms with van der Waals surface area (Å²) in [5.41, 5.74) is 1.13. The van der Waals surface area contributed by atoms with Crippen LogP contribution in [-0.4, -0.2) is 24.4 Å². The molecule has 1 heterocycles. The van der Waals surface area contributed by atoms with E-state index in [0.717, 1.165) is 30.9 Å². The average Bonchev–Trinajstić information content (AvgIpc) is 2.82. The summed E-state index contributed by atoms with van der Waals surface area (Å²) in [5.74, 6) is 2.24. The van der Waals surface area contributed by atoms with Gasteiger partial charge >= 0.3 is 0 Å². The van der Waals surface area contributed by atoms with Gasteiger partial charge in [-0.25, -0.2) is 0 Å². The van der Waals surface area contributed by atoms with E-state index < -0.39 is 0 Å². The summed E-state index contributed by atoms with van der Waals surface area (Å²) >= 11 is 6.82. The first-order valence-electron chi connectivity index (χ1n) is 5.48. The zero-order valence-corrected chi connectivity index (χ0v) is 14.0. The smallest absolute Gasteiger partial charge is 0.175 e. The minimum absolute atomic E-state index is 0.717. The Hall–Kier alpha value is -0.790. The predicted molar refractivity (Wildman–Crippen MR) is 81.5 cm³/mol. The summed E-state index contributed by atoms with van der Waals surface area (Å²) in [6, 6.07) is 3.93. The van der Waals surface area contributed by atoms with Crippen molar-refractivity contribution in [1.29, 1.82) is 0 Å². The van der Waals surface area contributed by atoms with Crippen molar-refractivity contribution in [3.63, 3.8) is 0 Å². The van der Waals surface area contributed by atoms with Crippen LogP contribution in [0.4, 0.5) is 0 Å². The highest BCUT2D eigenvalue weighted by Gasteiger charge is 2.13. The highest BCUT2D eigenvalue weighted by Crippen LogP contribution is 2.39. The van der Waals surface area contributed by atoms with Crippen molar-refractivity contribution in [2.75, 3.05) is 14.2 Å². The van der Waals surface area contributed by atoms with Crippen molar-refractivity contribution in [1.82, 2.24) is 10.2 Å². The molecule has 0 N–H and O–H groups in total. The van der Waals surface area contributed by atoms with Crippen LogP contribution in [0.1, 0.15) is 10.6 Å². The molecule has 0 aliphatic rings. The van der Waals surface area contributed by atoms with E-state index in [1.54, 1.807) is 37.3 Å². The molecule has 0 saturated carbocycles. The Morgan fingerprint density at radius 3 is 2.63 bits per heavy atom. The molecule has 2 rings (SSSR count). The van der Waals surface area contributed by atoms with Crippen molar-refractivity contribution >= 4 is 39.0 Å². The Morgan fingerprint density at radius 2 is 2.05 bits per heavy atom. The van der Waals surface area contributed by atoms with Crippen molar-refractivity contribution < 1.29 is 9.47 Å². The Kier molecular flexibility index (Phi) is 5.06. The predicted octanol–water partition coefficient (Wildman–Crippen LogP) is 3.92. The van der Waals surface area contributed by atoms with Crippen LogP contribution in [0, 0.1) is 6.92 Å². The van der Waals surface area contributed by atoms with Crippen molar-refractivity contribution in [3.8, 4) is 11.5 Å². The Balaban J connectivity index is 2.16. The fourth-order valence-electron chi connectivity index (χ4n) is 1.52. The summed E-state index contributed by atoms with van der Waals surface area (Å²) in [6.45, 7) is 1.95. The molecule has 0 aliphatic heterocycles. The highest BCUT2D eigenvalue weighted by molar-refractivity contribution is 9.10. The van der Waals surface area contributed by atoms with Crippen LogP contribution in [0.3, 0.4) is 0 Å². The molecule has 2 aromatic rings. The number of thioether (sulfide) groups is 1. The van der Waals surface area contributed by atoms with E-state index in [4.69, 9.17) is 9.47 Å². The van der Waals surface area contributed by atoms with E-state index in [1.807, 2.05) is 19.1 Å². The van der Waals surface area contributed by atoms with Crippen LogP contribution in [0.15, 0.2) is 20.9 Å². The highest BCUT2D eigenvalue weighted by atomic mass is 79.9. The average molecular weight is 361 g/mol. The first-order valence-corrected chi connectivity index (χ1v) is 8.07. The number of rotatable bonds is 5. The van der Waals surface area contributed by atoms with Gasteiger partial charge in [-0.15, -0.1) is 10.2 Å². The van der Waals surface area contributed by atoms with Crippen LogP contribution >= 0.6 is 39.0 Å². The second kappa shape index (κ2) is 6.58. The van der Waals surface area contributed by atoms with Crippen LogP contribution in [0.2, 0.25) is 0 Å². The maximum atomic E-state index is 5.36. The van der Waals surface area contributed by atoms with E-state index >= 15 is 0 Å². The summed E-state index contributed by atoms with van der Waals surface area (Å²) in [7, 11) is 3.26. The number of aryl methyl sites for hydroxylation is 1. The molecule has 0 amide bonds. The fraction of sp³-hybridized carbons (Fsp3) is 0.333. The van der Waals surface area contributed by atoms with E-state index in [-0.39, 0.29) is 0 Å². The molecule has 0 atom stereocenters. The lowest BCUT2D eigenvalue weighted by atomic mass is 10.2. The fourth-order valence-corrected chi connectivity index (χ4v) is 4.14. The molecule has 0 aliphatic carbocycles. The SMILES string of the molecule is COc1ccc(CSc2nnc(C)s2)c(Br)c1OC. The molecule has 4 nitrogen and oxygen atoms in total. The lowest BCUT2D eigenvalue weighted by molar-refractivity contribution is 0.353. The Morgan fingerprint density at radius 1 is 1.26 bits per heavy atom. The molecule has 7 heteroatoms. The summed E-state index contributed by atoms with van der Waals surface area (Å²) in [4.78, 5) is 0. The number of hydrogen-bond acceptors (Lipinski definition) is 6. The molecule has 19 heavy (non-hydrogen) atoms. The number of aromatic nitrogens is 2. The van der Waals surface area contributed by atoms with E-state index in [1.165, 1.54) is 0 Å². The maximum absolute atomic E-state index is 5.36. The van der Waals surface area contributed by atoms with Gasteiger partial charge in [-0.3, -0.25) is 0 Å². The van der Waals surface area contributed by atoms with Crippen LogP contribution < -0.4 is 9.47 Å². The third-order valence-corrected chi connectivity index (χ3v) is 5.31. The van der Waals surface area contributed by atoms with Crippen molar-refractivity contribution in [3.05, 3.63) is 27.2 Å². The molecule has 1 aromatic carbocycles. The van der Waals surface area contributed by atoms with E-state index in [9.17, 15) is 0 Å². The maximum Gasteiger partial charge on any atom is 0.175 e. The van der Waals surface area contributed by atoms with Crippen molar-refractivity contribution in [2.24, 2.45) is 0 Å². The monoisotopic (exact) mass is 360 g/mol.